The molecule has 3 aromatic rings. The maximum atomic E-state index is 10.1. The smallest absolute Gasteiger partial charge is 0.127 e. The number of aliphatic hydroxyl groups excluding tert-OH is 3. The van der Waals surface area contributed by atoms with Gasteiger partial charge in [-0.1, -0.05) is 48.5 Å². The lowest BCUT2D eigenvalue weighted by Gasteiger charge is -2.18. The zero-order valence-electron chi connectivity index (χ0n) is 13.9. The van der Waals surface area contributed by atoms with E-state index in [9.17, 15) is 5.11 Å². The van der Waals surface area contributed by atoms with E-state index in [1.54, 1.807) is 0 Å². The van der Waals surface area contributed by atoms with Crippen molar-refractivity contribution < 1.29 is 20.1 Å². The first-order valence-electron chi connectivity index (χ1n) is 8.39. The molecule has 0 heterocycles. The Kier molecular flexibility index (Phi) is 5.83. The number of rotatable bonds is 8. The van der Waals surface area contributed by atoms with Gasteiger partial charge in [-0.15, -0.1) is 0 Å². The predicted octanol–water partition coefficient (Wildman–Crippen LogP) is 1.68. The van der Waals surface area contributed by atoms with E-state index in [1.165, 1.54) is 5.39 Å². The molecule has 0 amide bonds. The number of fused-ring (bicyclic) bond motifs is 3. The molecule has 25 heavy (non-hydrogen) atoms. The highest BCUT2D eigenvalue weighted by atomic mass is 16.5. The number of nitrogens with one attached hydrogen (secondary N) is 1. The number of hydrogen-bond acceptors (Lipinski definition) is 5. The van der Waals surface area contributed by atoms with Gasteiger partial charge in [0.15, 0.2) is 0 Å². The molecule has 0 spiro atoms. The normalized spacial score (nSPS) is 12.8. The molecule has 3 rings (SSSR count). The van der Waals surface area contributed by atoms with Gasteiger partial charge in [0, 0.05) is 11.9 Å². The molecule has 0 aromatic heterocycles. The Morgan fingerprint density at radius 2 is 1.52 bits per heavy atom. The minimum atomic E-state index is -0.745. The first-order valence-corrected chi connectivity index (χ1v) is 8.39. The van der Waals surface area contributed by atoms with Crippen molar-refractivity contribution in [3.8, 4) is 5.75 Å². The number of aliphatic hydroxyl groups is 3. The van der Waals surface area contributed by atoms with Crippen LogP contribution in [0, 0.1) is 0 Å². The zero-order valence-corrected chi connectivity index (χ0v) is 13.9. The van der Waals surface area contributed by atoms with Crippen molar-refractivity contribution in [1.82, 2.24) is 5.32 Å². The van der Waals surface area contributed by atoms with Crippen molar-refractivity contribution in [3.63, 3.8) is 0 Å². The van der Waals surface area contributed by atoms with Crippen molar-refractivity contribution in [2.24, 2.45) is 0 Å². The van der Waals surface area contributed by atoms with Gasteiger partial charge >= 0.3 is 0 Å². The van der Waals surface area contributed by atoms with E-state index in [-0.39, 0.29) is 26.4 Å². The Hall–Kier alpha value is -2.18. The lowest BCUT2D eigenvalue weighted by molar-refractivity contribution is 0.0936. The summed E-state index contributed by atoms with van der Waals surface area (Å²) in [6.07, 6.45) is -0.745. The Morgan fingerprint density at radius 3 is 2.24 bits per heavy atom. The molecule has 0 unspecified atom stereocenters. The average molecular weight is 341 g/mol. The minimum Gasteiger partial charge on any atom is -0.490 e. The molecule has 4 N–H and O–H groups in total. The van der Waals surface area contributed by atoms with Gasteiger partial charge in [-0.05, 0) is 22.2 Å². The van der Waals surface area contributed by atoms with Gasteiger partial charge in [0.25, 0.3) is 0 Å². The van der Waals surface area contributed by atoms with Gasteiger partial charge in [-0.25, -0.2) is 0 Å². The van der Waals surface area contributed by atoms with Crippen molar-refractivity contribution in [3.05, 3.63) is 54.6 Å². The lowest BCUT2D eigenvalue weighted by atomic mass is 10.0. The lowest BCUT2D eigenvalue weighted by Crippen LogP contribution is -2.41. The van der Waals surface area contributed by atoms with Gasteiger partial charge in [-0.3, -0.25) is 0 Å². The quantitative estimate of drug-likeness (QED) is 0.469. The fraction of sp³-hybridized carbons (Fsp3) is 0.300. The van der Waals surface area contributed by atoms with Gasteiger partial charge in [0.05, 0.1) is 19.3 Å². The third-order valence-electron chi connectivity index (χ3n) is 4.24. The van der Waals surface area contributed by atoms with Gasteiger partial charge in [-0.2, -0.15) is 0 Å². The molecule has 5 heteroatoms. The molecule has 1 atom stereocenters. The molecule has 5 nitrogen and oxygen atoms in total. The van der Waals surface area contributed by atoms with Crippen LogP contribution < -0.4 is 10.1 Å². The van der Waals surface area contributed by atoms with Crippen molar-refractivity contribution >= 4 is 21.5 Å². The predicted molar refractivity (Wildman–Crippen MR) is 98.9 cm³/mol. The summed E-state index contributed by atoms with van der Waals surface area (Å²) in [5.74, 6) is 0.731. The first kappa shape index (κ1) is 17.6. The standard InChI is InChI=1S/C20H23NO4/c22-11-15(12-23)21-10-16(24)13-25-20-9-14-5-1-2-6-17(14)18-7-3-4-8-19(18)20/h1-9,15-16,21-24H,10-13H2/t16-/m1/s1. The van der Waals surface area contributed by atoms with E-state index in [0.29, 0.717) is 0 Å². The summed E-state index contributed by atoms with van der Waals surface area (Å²) in [6, 6.07) is 17.7. The fourth-order valence-corrected chi connectivity index (χ4v) is 2.87. The van der Waals surface area contributed by atoms with E-state index >= 15 is 0 Å². The van der Waals surface area contributed by atoms with E-state index < -0.39 is 12.1 Å². The largest absolute Gasteiger partial charge is 0.490 e. The van der Waals surface area contributed by atoms with Crippen LogP contribution >= 0.6 is 0 Å². The second-order valence-electron chi connectivity index (χ2n) is 6.08. The van der Waals surface area contributed by atoms with Crippen LogP contribution in [0.15, 0.2) is 54.6 Å². The number of benzene rings is 3. The molecular weight excluding hydrogens is 318 g/mol. The second-order valence-corrected chi connectivity index (χ2v) is 6.08. The van der Waals surface area contributed by atoms with Crippen LogP contribution in [0.1, 0.15) is 0 Å². The molecule has 0 radical (unpaired) electrons. The van der Waals surface area contributed by atoms with Gasteiger partial charge in [0.1, 0.15) is 18.5 Å². The summed E-state index contributed by atoms with van der Waals surface area (Å²) in [5, 5.41) is 35.4. The highest BCUT2D eigenvalue weighted by Crippen LogP contribution is 2.33. The van der Waals surface area contributed by atoms with Gasteiger partial charge in [0.2, 0.25) is 0 Å². The highest BCUT2D eigenvalue weighted by Gasteiger charge is 2.12. The van der Waals surface area contributed by atoms with Crippen LogP contribution in [0.2, 0.25) is 0 Å². The Bertz CT molecular complexity index is 832. The van der Waals surface area contributed by atoms with Crippen LogP contribution in [0.4, 0.5) is 0 Å². The van der Waals surface area contributed by atoms with E-state index in [4.69, 9.17) is 14.9 Å². The third kappa shape index (κ3) is 4.08. The topological polar surface area (TPSA) is 82.0 Å². The Morgan fingerprint density at radius 1 is 0.880 bits per heavy atom. The van der Waals surface area contributed by atoms with E-state index in [0.717, 1.165) is 21.9 Å². The molecule has 0 saturated carbocycles. The van der Waals surface area contributed by atoms with E-state index in [2.05, 4.69) is 17.4 Å². The van der Waals surface area contributed by atoms with Crippen molar-refractivity contribution in [2.45, 2.75) is 12.1 Å². The van der Waals surface area contributed by atoms with Crippen LogP contribution in [0.5, 0.6) is 5.75 Å². The molecule has 0 bridgehead atoms. The number of ether oxygens (including phenoxy) is 1. The van der Waals surface area contributed by atoms with E-state index in [1.807, 2.05) is 42.5 Å². The summed E-state index contributed by atoms with van der Waals surface area (Å²) >= 11 is 0. The summed E-state index contributed by atoms with van der Waals surface area (Å²) in [5.41, 5.74) is 0. The fourth-order valence-electron chi connectivity index (χ4n) is 2.87. The maximum Gasteiger partial charge on any atom is 0.127 e. The number of hydrogen-bond donors (Lipinski definition) is 4. The van der Waals surface area contributed by atoms with Crippen molar-refractivity contribution in [1.29, 1.82) is 0 Å². The summed E-state index contributed by atoms with van der Waals surface area (Å²) in [4.78, 5) is 0. The van der Waals surface area contributed by atoms with Crippen LogP contribution in [0.3, 0.4) is 0 Å². The summed E-state index contributed by atoms with van der Waals surface area (Å²) < 4.78 is 5.87. The Balaban J connectivity index is 1.76. The second kappa shape index (κ2) is 8.27. The molecule has 0 aliphatic rings. The SMILES string of the molecule is OCC(CO)NC[C@@H](O)COc1cc2ccccc2c2ccccc12. The van der Waals surface area contributed by atoms with Gasteiger partial charge < -0.3 is 25.4 Å². The van der Waals surface area contributed by atoms with Crippen LogP contribution in [0.25, 0.3) is 21.5 Å². The molecule has 0 saturated heterocycles. The zero-order chi connectivity index (χ0) is 17.6. The summed E-state index contributed by atoms with van der Waals surface area (Å²) in [6.45, 7) is -0.00497. The minimum absolute atomic E-state index is 0.124. The summed E-state index contributed by atoms with van der Waals surface area (Å²) in [7, 11) is 0. The molecule has 0 aliphatic carbocycles. The third-order valence-corrected chi connectivity index (χ3v) is 4.24. The average Bonchev–Trinajstić information content (AvgIpc) is 2.67. The maximum absolute atomic E-state index is 10.1. The van der Waals surface area contributed by atoms with Crippen molar-refractivity contribution in [2.75, 3.05) is 26.4 Å². The molecule has 0 aliphatic heterocycles. The Labute approximate surface area is 146 Å². The molecule has 132 valence electrons. The van der Waals surface area contributed by atoms with Crippen LogP contribution in [-0.2, 0) is 0 Å². The van der Waals surface area contributed by atoms with Crippen LogP contribution in [-0.4, -0.2) is 53.8 Å². The molecular formula is C20H23NO4. The highest BCUT2D eigenvalue weighted by molar-refractivity contribution is 6.10. The first-order chi connectivity index (χ1) is 12.2. The monoisotopic (exact) mass is 341 g/mol. The molecule has 0 fully saturated rings. The molecule has 3 aromatic carbocycles.